The summed E-state index contributed by atoms with van der Waals surface area (Å²) in [6.07, 6.45) is 0. The Labute approximate surface area is 101 Å². The Morgan fingerprint density at radius 1 is 1.41 bits per heavy atom. The topological polar surface area (TPSA) is 35.5 Å². The van der Waals surface area contributed by atoms with Crippen molar-refractivity contribution in [3.05, 3.63) is 29.6 Å². The molecule has 0 unspecified atom stereocenters. The van der Waals surface area contributed by atoms with Crippen molar-refractivity contribution in [3.8, 4) is 5.75 Å². The normalized spacial score (nSPS) is 11.1. The molecule has 0 atom stereocenters. The molecular weight excluding hydrogens is 223 g/mol. The Morgan fingerprint density at radius 2 is 2.06 bits per heavy atom. The minimum atomic E-state index is -0.725. The Kier molecular flexibility index (Phi) is 4.10. The molecular formula is C13H17FO3. The predicted molar refractivity (Wildman–Crippen MR) is 62.4 cm³/mol. The van der Waals surface area contributed by atoms with Gasteiger partial charge in [0, 0.05) is 0 Å². The zero-order valence-electron chi connectivity index (χ0n) is 10.5. The fourth-order valence-electron chi connectivity index (χ4n) is 1.31. The first-order valence-corrected chi connectivity index (χ1v) is 5.34. The van der Waals surface area contributed by atoms with Crippen molar-refractivity contribution in [2.24, 2.45) is 5.41 Å². The average Bonchev–Trinajstić information content (AvgIpc) is 2.29. The Morgan fingerprint density at radius 3 is 2.59 bits per heavy atom. The molecule has 0 aliphatic carbocycles. The molecule has 0 fully saturated rings. The van der Waals surface area contributed by atoms with Crippen molar-refractivity contribution in [1.82, 2.24) is 0 Å². The molecule has 3 nitrogen and oxygen atoms in total. The minimum Gasteiger partial charge on any atom is -0.492 e. The summed E-state index contributed by atoms with van der Waals surface area (Å²) in [5, 5.41) is 0. The largest absolute Gasteiger partial charge is 0.492 e. The Hall–Kier alpha value is -1.58. The summed E-state index contributed by atoms with van der Waals surface area (Å²) in [5.41, 5.74) is -0.213. The van der Waals surface area contributed by atoms with Crippen molar-refractivity contribution >= 4 is 5.97 Å². The van der Waals surface area contributed by atoms with Gasteiger partial charge >= 0.3 is 5.97 Å². The third kappa shape index (κ3) is 3.44. The van der Waals surface area contributed by atoms with Gasteiger partial charge < -0.3 is 9.47 Å². The first kappa shape index (κ1) is 13.5. The molecule has 0 bridgehead atoms. The molecule has 0 spiro atoms. The smallest absolute Gasteiger partial charge is 0.314 e. The van der Waals surface area contributed by atoms with E-state index in [1.807, 2.05) is 0 Å². The van der Waals surface area contributed by atoms with Crippen LogP contribution in [0.3, 0.4) is 0 Å². The van der Waals surface area contributed by atoms with Gasteiger partial charge in [-0.1, -0.05) is 0 Å². The summed E-state index contributed by atoms with van der Waals surface area (Å²) in [4.78, 5) is 11.4. The van der Waals surface area contributed by atoms with Crippen LogP contribution in [0.25, 0.3) is 0 Å². The van der Waals surface area contributed by atoms with Gasteiger partial charge in [0.25, 0.3) is 0 Å². The van der Waals surface area contributed by atoms with Gasteiger partial charge in [-0.05, 0) is 44.5 Å². The second-order valence-corrected chi connectivity index (χ2v) is 4.58. The maximum absolute atomic E-state index is 13.0. The number of ether oxygens (including phenoxy) is 2. The van der Waals surface area contributed by atoms with Gasteiger partial charge in [-0.15, -0.1) is 0 Å². The number of esters is 1. The molecule has 94 valence electrons. The van der Waals surface area contributed by atoms with Crippen molar-refractivity contribution in [2.45, 2.75) is 20.8 Å². The molecule has 1 aromatic carbocycles. The molecule has 4 heteroatoms. The Bertz CT molecular complexity index is 413. The van der Waals surface area contributed by atoms with Crippen LogP contribution in [0.4, 0.5) is 4.39 Å². The lowest BCUT2D eigenvalue weighted by Gasteiger charge is -2.21. The molecule has 0 aromatic heterocycles. The van der Waals surface area contributed by atoms with Crippen molar-refractivity contribution in [1.29, 1.82) is 0 Å². The molecule has 0 aliphatic heterocycles. The summed E-state index contributed by atoms with van der Waals surface area (Å²) in [6, 6.07) is 4.48. The van der Waals surface area contributed by atoms with Gasteiger partial charge in [0.2, 0.25) is 0 Å². The summed E-state index contributed by atoms with van der Waals surface area (Å²) in [5.74, 6) is -0.0678. The van der Waals surface area contributed by atoms with E-state index >= 15 is 0 Å². The summed E-state index contributed by atoms with van der Waals surface area (Å²) in [7, 11) is 1.34. The summed E-state index contributed by atoms with van der Waals surface area (Å²) >= 11 is 0. The van der Waals surface area contributed by atoms with Crippen LogP contribution >= 0.6 is 0 Å². The first-order valence-electron chi connectivity index (χ1n) is 5.34. The van der Waals surface area contributed by atoms with Crippen molar-refractivity contribution < 1.29 is 18.7 Å². The molecule has 0 aliphatic rings. The summed E-state index contributed by atoms with van der Waals surface area (Å²) < 4.78 is 23.2. The summed E-state index contributed by atoms with van der Waals surface area (Å²) in [6.45, 7) is 5.31. The molecule has 0 radical (unpaired) electrons. The first-order chi connectivity index (χ1) is 7.86. The fraction of sp³-hybridized carbons (Fsp3) is 0.462. The minimum absolute atomic E-state index is 0.185. The highest BCUT2D eigenvalue weighted by Crippen LogP contribution is 2.21. The number of benzene rings is 1. The van der Waals surface area contributed by atoms with E-state index in [1.54, 1.807) is 26.8 Å². The van der Waals surface area contributed by atoms with E-state index in [0.717, 1.165) is 0 Å². The number of hydrogen-bond donors (Lipinski definition) is 0. The van der Waals surface area contributed by atoms with Gasteiger partial charge in [-0.3, -0.25) is 4.79 Å². The van der Waals surface area contributed by atoms with Gasteiger partial charge in [-0.2, -0.15) is 0 Å². The molecule has 0 saturated carbocycles. The monoisotopic (exact) mass is 240 g/mol. The van der Waals surface area contributed by atoms with Gasteiger partial charge in [0.05, 0.1) is 12.5 Å². The van der Waals surface area contributed by atoms with Crippen LogP contribution in [0.1, 0.15) is 19.4 Å². The Balaban J connectivity index is 2.67. The molecule has 1 aromatic rings. The lowest BCUT2D eigenvalue weighted by molar-refractivity contribution is -0.152. The third-order valence-corrected chi connectivity index (χ3v) is 2.47. The van der Waals surface area contributed by atoms with E-state index in [0.29, 0.717) is 11.3 Å². The van der Waals surface area contributed by atoms with Crippen LogP contribution in [-0.4, -0.2) is 19.7 Å². The highest BCUT2D eigenvalue weighted by molar-refractivity contribution is 5.75. The molecule has 17 heavy (non-hydrogen) atoms. The van der Waals surface area contributed by atoms with E-state index in [-0.39, 0.29) is 18.4 Å². The van der Waals surface area contributed by atoms with Crippen LogP contribution in [0.2, 0.25) is 0 Å². The number of halogens is 1. The van der Waals surface area contributed by atoms with E-state index in [9.17, 15) is 9.18 Å². The molecule has 0 N–H and O–H groups in total. The lowest BCUT2D eigenvalue weighted by atomic mass is 9.95. The van der Waals surface area contributed by atoms with Crippen LogP contribution in [0.15, 0.2) is 18.2 Å². The molecule has 1 rings (SSSR count). The van der Waals surface area contributed by atoms with E-state index in [2.05, 4.69) is 4.74 Å². The third-order valence-electron chi connectivity index (χ3n) is 2.47. The maximum Gasteiger partial charge on any atom is 0.314 e. The van der Waals surface area contributed by atoms with Crippen LogP contribution in [0.5, 0.6) is 5.75 Å². The number of rotatable bonds is 4. The SMILES string of the molecule is COC(=O)C(C)(C)COc1ccc(F)c(C)c1. The van der Waals surface area contributed by atoms with Crippen molar-refractivity contribution in [3.63, 3.8) is 0 Å². The highest BCUT2D eigenvalue weighted by atomic mass is 19.1. The second-order valence-electron chi connectivity index (χ2n) is 4.58. The van der Waals surface area contributed by atoms with E-state index < -0.39 is 5.41 Å². The quantitative estimate of drug-likeness (QED) is 0.759. The fourth-order valence-corrected chi connectivity index (χ4v) is 1.31. The maximum atomic E-state index is 13.0. The number of hydrogen-bond acceptors (Lipinski definition) is 3. The number of carbonyl (C=O) groups excluding carboxylic acids is 1. The van der Waals surface area contributed by atoms with E-state index in [1.165, 1.54) is 19.2 Å². The number of aryl methyl sites for hydroxylation is 1. The van der Waals surface area contributed by atoms with Gasteiger partial charge in [0.15, 0.2) is 0 Å². The zero-order chi connectivity index (χ0) is 13.1. The second kappa shape index (κ2) is 5.17. The standard InChI is InChI=1S/C13H17FO3/c1-9-7-10(5-6-11(9)14)17-8-13(2,3)12(15)16-4/h5-7H,8H2,1-4H3. The average molecular weight is 240 g/mol. The lowest BCUT2D eigenvalue weighted by Crippen LogP contribution is -2.32. The van der Waals surface area contributed by atoms with Gasteiger partial charge in [-0.25, -0.2) is 4.39 Å². The molecule has 0 saturated heterocycles. The molecule has 0 heterocycles. The molecule has 0 amide bonds. The highest BCUT2D eigenvalue weighted by Gasteiger charge is 2.29. The van der Waals surface area contributed by atoms with Crippen LogP contribution < -0.4 is 4.74 Å². The van der Waals surface area contributed by atoms with Crippen molar-refractivity contribution in [2.75, 3.05) is 13.7 Å². The van der Waals surface area contributed by atoms with Crippen LogP contribution in [0, 0.1) is 18.2 Å². The number of methoxy groups -OCH3 is 1. The van der Waals surface area contributed by atoms with Crippen LogP contribution in [-0.2, 0) is 9.53 Å². The van der Waals surface area contributed by atoms with Gasteiger partial charge in [0.1, 0.15) is 18.2 Å². The van der Waals surface area contributed by atoms with E-state index in [4.69, 9.17) is 4.74 Å². The number of carbonyl (C=O) groups is 1. The zero-order valence-corrected chi connectivity index (χ0v) is 10.5. The predicted octanol–water partition coefficient (Wildman–Crippen LogP) is 2.71.